The van der Waals surface area contributed by atoms with Gasteiger partial charge in [0.05, 0.1) is 6.42 Å². The number of carbonyl (C=O) groups excluding carboxylic acids is 2. The van der Waals surface area contributed by atoms with Gasteiger partial charge in [-0.15, -0.1) is 0 Å². The Hall–Kier alpha value is -2.62. The molecule has 0 saturated heterocycles. The van der Waals surface area contributed by atoms with Crippen LogP contribution in [0, 0.1) is 13.8 Å². The van der Waals surface area contributed by atoms with Crippen LogP contribution in [0.25, 0.3) is 0 Å². The third-order valence-electron chi connectivity index (χ3n) is 4.76. The Bertz CT molecular complexity index is 771. The smallest absolute Gasteiger partial charge is 0.242 e. The predicted octanol–water partition coefficient (Wildman–Crippen LogP) is 3.79. The van der Waals surface area contributed by atoms with Crippen molar-refractivity contribution in [2.75, 3.05) is 6.54 Å². The molecule has 0 heterocycles. The van der Waals surface area contributed by atoms with E-state index in [1.54, 1.807) is 11.8 Å². The van der Waals surface area contributed by atoms with Gasteiger partial charge in [-0.3, -0.25) is 9.59 Å². The average Bonchev–Trinajstić information content (AvgIpc) is 2.67. The van der Waals surface area contributed by atoms with E-state index in [2.05, 4.69) is 11.4 Å². The van der Waals surface area contributed by atoms with Gasteiger partial charge < -0.3 is 10.2 Å². The highest BCUT2D eigenvalue weighted by Crippen LogP contribution is 2.16. The molecule has 1 N–H and O–H groups in total. The maximum Gasteiger partial charge on any atom is 0.242 e. The first-order valence-corrected chi connectivity index (χ1v) is 9.59. The molecule has 0 aliphatic heterocycles. The summed E-state index contributed by atoms with van der Waals surface area (Å²) < 4.78 is 0. The van der Waals surface area contributed by atoms with Gasteiger partial charge in [-0.25, -0.2) is 0 Å². The fourth-order valence-electron chi connectivity index (χ4n) is 3.01. The molecule has 0 aromatic heterocycles. The molecule has 0 radical (unpaired) electrons. The Kier molecular flexibility index (Phi) is 7.59. The summed E-state index contributed by atoms with van der Waals surface area (Å²) in [5, 5.41) is 2.90. The van der Waals surface area contributed by atoms with Gasteiger partial charge in [0.2, 0.25) is 11.8 Å². The predicted molar refractivity (Wildman–Crippen MR) is 109 cm³/mol. The number of amides is 2. The zero-order valence-electron chi connectivity index (χ0n) is 16.8. The first kappa shape index (κ1) is 20.7. The molecule has 0 saturated carbocycles. The summed E-state index contributed by atoms with van der Waals surface area (Å²) in [4.78, 5) is 27.3. The molecule has 1 atom stereocenters. The fourth-order valence-corrected chi connectivity index (χ4v) is 3.01. The number of nitrogens with zero attached hydrogens (tertiary/aromatic N) is 1. The van der Waals surface area contributed by atoms with Crippen LogP contribution in [0.5, 0.6) is 0 Å². The van der Waals surface area contributed by atoms with Crippen LogP contribution < -0.4 is 5.32 Å². The highest BCUT2D eigenvalue weighted by atomic mass is 16.2. The van der Waals surface area contributed by atoms with Crippen LogP contribution in [-0.4, -0.2) is 29.3 Å². The van der Waals surface area contributed by atoms with Gasteiger partial charge in [0.15, 0.2) is 0 Å². The number of benzene rings is 2. The summed E-state index contributed by atoms with van der Waals surface area (Å²) in [6.07, 6.45) is 1.17. The van der Waals surface area contributed by atoms with Crippen molar-refractivity contribution >= 4 is 11.8 Å². The van der Waals surface area contributed by atoms with Crippen molar-refractivity contribution in [3.05, 3.63) is 70.8 Å². The summed E-state index contributed by atoms with van der Waals surface area (Å²) >= 11 is 0. The normalized spacial score (nSPS) is 11.7. The van der Waals surface area contributed by atoms with Gasteiger partial charge in [0.1, 0.15) is 6.04 Å². The Morgan fingerprint density at radius 3 is 2.44 bits per heavy atom. The van der Waals surface area contributed by atoms with E-state index < -0.39 is 6.04 Å². The molecule has 2 aromatic rings. The van der Waals surface area contributed by atoms with Crippen LogP contribution >= 0.6 is 0 Å². The van der Waals surface area contributed by atoms with E-state index in [1.165, 1.54) is 0 Å². The summed E-state index contributed by atoms with van der Waals surface area (Å²) in [6.45, 7) is 8.89. The minimum absolute atomic E-state index is 0.0355. The molecule has 0 spiro atoms. The van der Waals surface area contributed by atoms with Gasteiger partial charge in [-0.1, -0.05) is 61.0 Å². The largest absolute Gasteiger partial charge is 0.354 e. The monoisotopic (exact) mass is 366 g/mol. The van der Waals surface area contributed by atoms with Crippen LogP contribution in [0.2, 0.25) is 0 Å². The second kappa shape index (κ2) is 9.91. The van der Waals surface area contributed by atoms with Crippen LogP contribution in [0.1, 0.15) is 42.5 Å². The van der Waals surface area contributed by atoms with E-state index >= 15 is 0 Å². The fraction of sp³-hybridized carbons (Fsp3) is 0.391. The SMILES string of the molecule is CCCNC(=O)[C@H](C)N(Cc1ccccc1)C(=O)Cc1cc(C)ccc1C. The lowest BCUT2D eigenvalue weighted by molar-refractivity contribution is -0.140. The van der Waals surface area contributed by atoms with Crippen LogP contribution in [-0.2, 0) is 22.6 Å². The average molecular weight is 367 g/mol. The Labute approximate surface area is 162 Å². The number of carbonyl (C=O) groups is 2. The first-order chi connectivity index (χ1) is 12.9. The second-order valence-corrected chi connectivity index (χ2v) is 7.08. The van der Waals surface area contributed by atoms with Crippen molar-refractivity contribution in [1.29, 1.82) is 0 Å². The molecule has 4 nitrogen and oxygen atoms in total. The molecule has 0 fully saturated rings. The van der Waals surface area contributed by atoms with Gasteiger partial charge in [0, 0.05) is 13.1 Å². The first-order valence-electron chi connectivity index (χ1n) is 9.59. The number of hydrogen-bond acceptors (Lipinski definition) is 2. The van der Waals surface area contributed by atoms with E-state index in [0.29, 0.717) is 19.5 Å². The van der Waals surface area contributed by atoms with Crippen LogP contribution in [0.3, 0.4) is 0 Å². The molecule has 2 rings (SSSR count). The van der Waals surface area contributed by atoms with Crippen molar-refractivity contribution in [2.24, 2.45) is 0 Å². The van der Waals surface area contributed by atoms with E-state index in [1.807, 2.05) is 63.2 Å². The number of aryl methyl sites for hydroxylation is 2. The molecule has 0 unspecified atom stereocenters. The quantitative estimate of drug-likeness (QED) is 0.773. The van der Waals surface area contributed by atoms with E-state index in [9.17, 15) is 9.59 Å². The zero-order valence-corrected chi connectivity index (χ0v) is 16.8. The number of rotatable bonds is 8. The van der Waals surface area contributed by atoms with Gasteiger partial charge in [-0.2, -0.15) is 0 Å². The molecule has 0 aliphatic carbocycles. The number of nitrogens with one attached hydrogen (secondary N) is 1. The zero-order chi connectivity index (χ0) is 19.8. The van der Waals surface area contributed by atoms with E-state index in [4.69, 9.17) is 0 Å². The lowest BCUT2D eigenvalue weighted by Crippen LogP contribution is -2.48. The Morgan fingerprint density at radius 2 is 1.78 bits per heavy atom. The third kappa shape index (κ3) is 5.95. The van der Waals surface area contributed by atoms with Crippen LogP contribution in [0.15, 0.2) is 48.5 Å². The van der Waals surface area contributed by atoms with Crippen molar-refractivity contribution in [2.45, 2.75) is 53.1 Å². The minimum Gasteiger partial charge on any atom is -0.354 e. The Morgan fingerprint density at radius 1 is 1.07 bits per heavy atom. The molecule has 27 heavy (non-hydrogen) atoms. The lowest BCUT2D eigenvalue weighted by Gasteiger charge is -2.29. The summed E-state index contributed by atoms with van der Waals surface area (Å²) in [7, 11) is 0. The molecule has 2 aromatic carbocycles. The third-order valence-corrected chi connectivity index (χ3v) is 4.76. The summed E-state index contributed by atoms with van der Waals surface area (Å²) in [6, 6.07) is 15.4. The summed E-state index contributed by atoms with van der Waals surface area (Å²) in [5.41, 5.74) is 4.25. The lowest BCUT2D eigenvalue weighted by atomic mass is 10.0. The molecular formula is C23H30N2O2. The highest BCUT2D eigenvalue weighted by molar-refractivity contribution is 5.88. The highest BCUT2D eigenvalue weighted by Gasteiger charge is 2.26. The van der Waals surface area contributed by atoms with Crippen LogP contribution in [0.4, 0.5) is 0 Å². The van der Waals surface area contributed by atoms with Gasteiger partial charge in [-0.05, 0) is 43.9 Å². The van der Waals surface area contributed by atoms with Gasteiger partial charge >= 0.3 is 0 Å². The minimum atomic E-state index is -0.519. The van der Waals surface area contributed by atoms with Crippen molar-refractivity contribution in [3.8, 4) is 0 Å². The second-order valence-electron chi connectivity index (χ2n) is 7.08. The van der Waals surface area contributed by atoms with Crippen molar-refractivity contribution in [3.63, 3.8) is 0 Å². The maximum atomic E-state index is 13.1. The van der Waals surface area contributed by atoms with Crippen molar-refractivity contribution in [1.82, 2.24) is 10.2 Å². The van der Waals surface area contributed by atoms with E-state index in [-0.39, 0.29) is 11.8 Å². The van der Waals surface area contributed by atoms with E-state index in [0.717, 1.165) is 28.7 Å². The molecule has 0 aliphatic rings. The topological polar surface area (TPSA) is 49.4 Å². The molecule has 4 heteroatoms. The molecule has 144 valence electrons. The Balaban J connectivity index is 2.23. The number of hydrogen-bond donors (Lipinski definition) is 1. The maximum absolute atomic E-state index is 13.1. The van der Waals surface area contributed by atoms with Gasteiger partial charge in [0.25, 0.3) is 0 Å². The summed E-state index contributed by atoms with van der Waals surface area (Å²) in [5.74, 6) is -0.145. The molecule has 0 bridgehead atoms. The molecular weight excluding hydrogens is 336 g/mol. The standard InChI is InChI=1S/C23H30N2O2/c1-5-13-24-23(27)19(4)25(16-20-9-7-6-8-10-20)22(26)15-21-14-17(2)11-12-18(21)3/h6-12,14,19H,5,13,15-16H2,1-4H3,(H,24,27)/t19-/m0/s1. The van der Waals surface area contributed by atoms with Crippen molar-refractivity contribution < 1.29 is 9.59 Å². The molecule has 2 amide bonds.